The smallest absolute Gasteiger partial charge is 0.271 e. The number of nitrogens with zero attached hydrogens (tertiary/aromatic N) is 2. The minimum absolute atomic E-state index is 0.139. The van der Waals surface area contributed by atoms with Gasteiger partial charge in [0.05, 0.1) is 10.5 Å². The van der Waals surface area contributed by atoms with Gasteiger partial charge in [-0.25, -0.2) is 0 Å². The third-order valence-electron chi connectivity index (χ3n) is 3.75. The second-order valence-electron chi connectivity index (χ2n) is 5.55. The van der Waals surface area contributed by atoms with E-state index in [2.05, 4.69) is 0 Å². The molecule has 0 bridgehead atoms. The van der Waals surface area contributed by atoms with Gasteiger partial charge in [-0.2, -0.15) is 0 Å². The molecule has 1 aromatic rings. The predicted octanol–water partition coefficient (Wildman–Crippen LogP) is 2.63. The van der Waals surface area contributed by atoms with E-state index in [9.17, 15) is 20.0 Å². The first-order chi connectivity index (χ1) is 9.81. The Morgan fingerprint density at radius 3 is 2.62 bits per heavy atom. The van der Waals surface area contributed by atoms with Crippen molar-refractivity contribution in [3.05, 3.63) is 38.9 Å². The molecule has 1 aliphatic rings. The summed E-state index contributed by atoms with van der Waals surface area (Å²) in [6.45, 7) is 0.214. The van der Waals surface area contributed by atoms with Crippen molar-refractivity contribution in [3.63, 3.8) is 0 Å². The number of nitro benzene ring substituents is 1. The standard InChI is InChI=1S/C14H17ClN2O4/c1-16(9-14(19)4-2-3-5-14)13(18)10-6-11(15)8-12(7-10)17(20)21/h6-8,19H,2-5,9H2,1H3. The molecule has 1 saturated carbocycles. The summed E-state index contributed by atoms with van der Waals surface area (Å²) in [4.78, 5) is 23.9. The summed E-state index contributed by atoms with van der Waals surface area (Å²) in [7, 11) is 1.57. The molecule has 1 N–H and O–H groups in total. The molecular weight excluding hydrogens is 296 g/mol. The molecule has 0 heterocycles. The normalized spacial score (nSPS) is 16.7. The monoisotopic (exact) mass is 312 g/mol. The Balaban J connectivity index is 2.17. The van der Waals surface area contributed by atoms with Crippen molar-refractivity contribution >= 4 is 23.2 Å². The number of amides is 1. The van der Waals surface area contributed by atoms with Gasteiger partial charge in [-0.05, 0) is 18.9 Å². The molecule has 0 spiro atoms. The number of hydrogen-bond donors (Lipinski definition) is 1. The van der Waals surface area contributed by atoms with E-state index in [1.807, 2.05) is 0 Å². The molecular formula is C14H17ClN2O4. The fourth-order valence-corrected chi connectivity index (χ4v) is 2.96. The molecule has 21 heavy (non-hydrogen) atoms. The second kappa shape index (κ2) is 5.99. The maximum absolute atomic E-state index is 12.3. The number of carbonyl (C=O) groups excluding carboxylic acids is 1. The third kappa shape index (κ3) is 3.71. The molecule has 6 nitrogen and oxygen atoms in total. The van der Waals surface area contributed by atoms with Gasteiger partial charge in [0, 0.05) is 36.3 Å². The number of aliphatic hydroxyl groups is 1. The van der Waals surface area contributed by atoms with E-state index < -0.39 is 10.5 Å². The highest BCUT2D eigenvalue weighted by Gasteiger charge is 2.33. The summed E-state index contributed by atoms with van der Waals surface area (Å²) in [5.74, 6) is -0.388. The largest absolute Gasteiger partial charge is 0.388 e. The molecule has 0 saturated heterocycles. The summed E-state index contributed by atoms with van der Waals surface area (Å²) >= 11 is 5.82. The molecule has 0 unspecified atom stereocenters. The molecule has 2 rings (SSSR count). The van der Waals surface area contributed by atoms with E-state index in [4.69, 9.17) is 11.6 Å². The van der Waals surface area contributed by atoms with E-state index in [1.165, 1.54) is 23.1 Å². The number of likely N-dealkylation sites (N-methyl/N-ethyl adjacent to an activating group) is 1. The minimum Gasteiger partial charge on any atom is -0.388 e. The van der Waals surface area contributed by atoms with Crippen LogP contribution >= 0.6 is 11.6 Å². The van der Waals surface area contributed by atoms with Crippen LogP contribution in [0.5, 0.6) is 0 Å². The lowest BCUT2D eigenvalue weighted by molar-refractivity contribution is -0.384. The van der Waals surface area contributed by atoms with Crippen molar-refractivity contribution in [2.45, 2.75) is 31.3 Å². The van der Waals surface area contributed by atoms with Crippen LogP contribution < -0.4 is 0 Å². The highest BCUT2D eigenvalue weighted by atomic mass is 35.5. The molecule has 0 radical (unpaired) electrons. The Morgan fingerprint density at radius 2 is 2.05 bits per heavy atom. The Kier molecular flexibility index (Phi) is 4.49. The van der Waals surface area contributed by atoms with Crippen LogP contribution in [0.25, 0.3) is 0 Å². The quantitative estimate of drug-likeness (QED) is 0.684. The maximum Gasteiger partial charge on any atom is 0.271 e. The number of non-ortho nitro benzene ring substituents is 1. The van der Waals surface area contributed by atoms with E-state index in [0.717, 1.165) is 12.8 Å². The fraction of sp³-hybridized carbons (Fsp3) is 0.500. The lowest BCUT2D eigenvalue weighted by Gasteiger charge is -2.28. The van der Waals surface area contributed by atoms with Gasteiger partial charge >= 0.3 is 0 Å². The predicted molar refractivity (Wildman–Crippen MR) is 78.5 cm³/mol. The van der Waals surface area contributed by atoms with Gasteiger partial charge in [0.1, 0.15) is 0 Å². The van der Waals surface area contributed by atoms with E-state index in [-0.39, 0.29) is 28.7 Å². The van der Waals surface area contributed by atoms with Crippen LogP contribution in [0.3, 0.4) is 0 Å². The number of rotatable bonds is 4. The Bertz CT molecular complexity index is 570. The fourth-order valence-electron chi connectivity index (χ4n) is 2.73. The Labute approximate surface area is 127 Å². The van der Waals surface area contributed by atoms with E-state index >= 15 is 0 Å². The second-order valence-corrected chi connectivity index (χ2v) is 5.98. The molecule has 1 fully saturated rings. The number of nitro groups is 1. The Hall–Kier alpha value is -1.66. The van der Waals surface area contributed by atoms with Crippen LogP contribution in [0.15, 0.2) is 18.2 Å². The first-order valence-corrected chi connectivity index (χ1v) is 7.11. The van der Waals surface area contributed by atoms with Crippen molar-refractivity contribution < 1.29 is 14.8 Å². The van der Waals surface area contributed by atoms with Crippen molar-refractivity contribution in [1.82, 2.24) is 4.90 Å². The number of carbonyl (C=O) groups is 1. The third-order valence-corrected chi connectivity index (χ3v) is 3.97. The van der Waals surface area contributed by atoms with Crippen molar-refractivity contribution in [1.29, 1.82) is 0 Å². The van der Waals surface area contributed by atoms with Gasteiger partial charge in [-0.3, -0.25) is 14.9 Å². The maximum atomic E-state index is 12.3. The lowest BCUT2D eigenvalue weighted by atomic mass is 10.0. The van der Waals surface area contributed by atoms with Crippen LogP contribution in [0.1, 0.15) is 36.0 Å². The summed E-state index contributed by atoms with van der Waals surface area (Å²) in [6, 6.07) is 3.79. The highest BCUT2D eigenvalue weighted by molar-refractivity contribution is 6.31. The zero-order valence-electron chi connectivity index (χ0n) is 11.7. The summed E-state index contributed by atoms with van der Waals surface area (Å²) in [5.41, 5.74) is -0.924. The number of halogens is 1. The van der Waals surface area contributed by atoms with Crippen LogP contribution in [-0.4, -0.2) is 40.0 Å². The first-order valence-electron chi connectivity index (χ1n) is 6.74. The summed E-state index contributed by atoms with van der Waals surface area (Å²) < 4.78 is 0. The van der Waals surface area contributed by atoms with Crippen molar-refractivity contribution in [3.8, 4) is 0 Å². The molecule has 1 aromatic carbocycles. The zero-order valence-corrected chi connectivity index (χ0v) is 12.5. The SMILES string of the molecule is CN(CC1(O)CCCC1)C(=O)c1cc(Cl)cc([N+](=O)[O-])c1. The molecule has 0 aromatic heterocycles. The van der Waals surface area contributed by atoms with E-state index in [1.54, 1.807) is 7.05 Å². The van der Waals surface area contributed by atoms with Crippen LogP contribution in [0, 0.1) is 10.1 Å². The van der Waals surface area contributed by atoms with Gasteiger partial charge < -0.3 is 10.0 Å². The lowest BCUT2D eigenvalue weighted by Crippen LogP contribution is -2.42. The molecule has 1 aliphatic carbocycles. The van der Waals surface area contributed by atoms with Gasteiger partial charge in [0.25, 0.3) is 11.6 Å². The zero-order chi connectivity index (χ0) is 15.6. The highest BCUT2D eigenvalue weighted by Crippen LogP contribution is 2.30. The molecule has 1 amide bonds. The minimum atomic E-state index is -0.852. The summed E-state index contributed by atoms with van der Waals surface area (Å²) in [6.07, 6.45) is 3.23. The van der Waals surface area contributed by atoms with Gasteiger partial charge in [0.2, 0.25) is 0 Å². The van der Waals surface area contributed by atoms with Gasteiger partial charge in [-0.1, -0.05) is 24.4 Å². The van der Waals surface area contributed by atoms with Crippen molar-refractivity contribution in [2.75, 3.05) is 13.6 Å². The Morgan fingerprint density at radius 1 is 1.43 bits per heavy atom. The summed E-state index contributed by atoms with van der Waals surface area (Å²) in [5, 5.41) is 21.3. The van der Waals surface area contributed by atoms with E-state index in [0.29, 0.717) is 12.8 Å². The molecule has 7 heteroatoms. The number of benzene rings is 1. The topological polar surface area (TPSA) is 83.7 Å². The first kappa shape index (κ1) is 15.7. The van der Waals surface area contributed by atoms with Crippen LogP contribution in [0.4, 0.5) is 5.69 Å². The van der Waals surface area contributed by atoms with Gasteiger partial charge in [-0.15, -0.1) is 0 Å². The van der Waals surface area contributed by atoms with Crippen LogP contribution in [0.2, 0.25) is 5.02 Å². The van der Waals surface area contributed by atoms with Gasteiger partial charge in [0.15, 0.2) is 0 Å². The number of hydrogen-bond acceptors (Lipinski definition) is 4. The molecule has 114 valence electrons. The molecule has 0 atom stereocenters. The molecule has 0 aliphatic heterocycles. The van der Waals surface area contributed by atoms with Crippen LogP contribution in [-0.2, 0) is 0 Å². The average molecular weight is 313 g/mol. The average Bonchev–Trinajstić information content (AvgIpc) is 2.83. The van der Waals surface area contributed by atoms with Crippen molar-refractivity contribution in [2.24, 2.45) is 0 Å².